The van der Waals surface area contributed by atoms with Crippen LogP contribution < -0.4 is 20.1 Å². The molecule has 0 aromatic heterocycles. The number of carbonyl (C=O) groups excluding carboxylic acids is 1. The first kappa shape index (κ1) is 12.7. The third-order valence-electron chi connectivity index (χ3n) is 3.38. The fourth-order valence-corrected chi connectivity index (χ4v) is 2.30. The van der Waals surface area contributed by atoms with E-state index in [0.29, 0.717) is 18.0 Å². The standard InChI is InChI=1S/C12H13N3O5/c16-12(7-1-2-13-5-7)14-8-3-10-11(20-6-19-10)4-9(8)15(17)18/h3-4,7,13H,1-2,5-6H2,(H,14,16). The lowest BCUT2D eigenvalue weighted by Crippen LogP contribution is -2.25. The van der Waals surface area contributed by atoms with E-state index in [-0.39, 0.29) is 30.0 Å². The molecule has 1 unspecified atom stereocenters. The van der Waals surface area contributed by atoms with Crippen molar-refractivity contribution in [1.82, 2.24) is 5.32 Å². The number of nitro benzene ring substituents is 1. The average Bonchev–Trinajstić information content (AvgIpc) is 3.08. The van der Waals surface area contributed by atoms with Crippen LogP contribution in [0.4, 0.5) is 11.4 Å². The SMILES string of the molecule is O=C(Nc1cc2c(cc1[N+](=O)[O-])OCO2)C1CCNC1. The first-order valence-electron chi connectivity index (χ1n) is 6.25. The van der Waals surface area contributed by atoms with Gasteiger partial charge in [0.25, 0.3) is 5.69 Å². The molecule has 8 nitrogen and oxygen atoms in total. The third kappa shape index (κ3) is 2.25. The average molecular weight is 279 g/mol. The highest BCUT2D eigenvalue weighted by atomic mass is 16.7. The Balaban J connectivity index is 1.87. The predicted octanol–water partition coefficient (Wildman–Crippen LogP) is 0.872. The summed E-state index contributed by atoms with van der Waals surface area (Å²) in [7, 11) is 0. The number of hydrogen-bond donors (Lipinski definition) is 2. The summed E-state index contributed by atoms with van der Waals surface area (Å²) in [5.41, 5.74) is -0.0651. The molecule has 1 amide bonds. The molecule has 106 valence electrons. The highest BCUT2D eigenvalue weighted by Gasteiger charge is 2.27. The summed E-state index contributed by atoms with van der Waals surface area (Å²) in [6.07, 6.45) is 0.726. The number of ether oxygens (including phenoxy) is 2. The van der Waals surface area contributed by atoms with Crippen LogP contribution >= 0.6 is 0 Å². The van der Waals surface area contributed by atoms with E-state index < -0.39 is 4.92 Å². The van der Waals surface area contributed by atoms with Gasteiger partial charge in [-0.3, -0.25) is 14.9 Å². The van der Waals surface area contributed by atoms with Gasteiger partial charge in [-0.2, -0.15) is 0 Å². The molecule has 2 aliphatic rings. The number of benzene rings is 1. The minimum absolute atomic E-state index is 0.0242. The second-order valence-electron chi connectivity index (χ2n) is 4.66. The molecule has 0 spiro atoms. The molecule has 1 aromatic rings. The molecule has 8 heteroatoms. The predicted molar refractivity (Wildman–Crippen MR) is 68.8 cm³/mol. The quantitative estimate of drug-likeness (QED) is 0.628. The number of rotatable bonds is 3. The Morgan fingerprint density at radius 3 is 2.80 bits per heavy atom. The molecule has 3 rings (SSSR count). The van der Waals surface area contributed by atoms with Gasteiger partial charge in [0.2, 0.25) is 12.7 Å². The maximum atomic E-state index is 12.0. The first-order valence-corrected chi connectivity index (χ1v) is 6.25. The molecule has 0 bridgehead atoms. The molecule has 20 heavy (non-hydrogen) atoms. The number of anilines is 1. The molecule has 1 atom stereocenters. The summed E-state index contributed by atoms with van der Waals surface area (Å²) in [5.74, 6) is 0.324. The molecular formula is C12H13N3O5. The lowest BCUT2D eigenvalue weighted by atomic mass is 10.1. The van der Waals surface area contributed by atoms with Crippen LogP contribution in [0.3, 0.4) is 0 Å². The zero-order chi connectivity index (χ0) is 14.1. The van der Waals surface area contributed by atoms with Gasteiger partial charge >= 0.3 is 0 Å². The summed E-state index contributed by atoms with van der Waals surface area (Å²) in [6.45, 7) is 1.39. The fraction of sp³-hybridized carbons (Fsp3) is 0.417. The lowest BCUT2D eigenvalue weighted by molar-refractivity contribution is -0.384. The topological polar surface area (TPSA) is 103 Å². The van der Waals surface area contributed by atoms with E-state index in [1.807, 2.05) is 0 Å². The van der Waals surface area contributed by atoms with Crippen molar-refractivity contribution in [3.05, 3.63) is 22.2 Å². The molecular weight excluding hydrogens is 266 g/mol. The van der Waals surface area contributed by atoms with Gasteiger partial charge in [-0.25, -0.2) is 0 Å². The van der Waals surface area contributed by atoms with Crippen LogP contribution in [0.25, 0.3) is 0 Å². The van der Waals surface area contributed by atoms with Gasteiger partial charge in [-0.1, -0.05) is 0 Å². The van der Waals surface area contributed by atoms with Crippen molar-refractivity contribution in [2.75, 3.05) is 25.2 Å². The van der Waals surface area contributed by atoms with Crippen LogP contribution in [-0.2, 0) is 4.79 Å². The monoisotopic (exact) mass is 279 g/mol. The van der Waals surface area contributed by atoms with Crippen molar-refractivity contribution >= 4 is 17.3 Å². The normalized spacial score (nSPS) is 19.9. The van der Waals surface area contributed by atoms with Crippen molar-refractivity contribution < 1.29 is 19.2 Å². The number of carbonyl (C=O) groups is 1. The van der Waals surface area contributed by atoms with E-state index in [9.17, 15) is 14.9 Å². The molecule has 0 saturated carbocycles. The van der Waals surface area contributed by atoms with E-state index in [0.717, 1.165) is 13.0 Å². The van der Waals surface area contributed by atoms with E-state index in [4.69, 9.17) is 9.47 Å². The van der Waals surface area contributed by atoms with Crippen LogP contribution in [0.2, 0.25) is 0 Å². The maximum absolute atomic E-state index is 12.0. The van der Waals surface area contributed by atoms with Gasteiger partial charge < -0.3 is 20.1 Å². The van der Waals surface area contributed by atoms with Crippen molar-refractivity contribution in [1.29, 1.82) is 0 Å². The van der Waals surface area contributed by atoms with Gasteiger partial charge in [0, 0.05) is 12.6 Å². The van der Waals surface area contributed by atoms with Gasteiger partial charge in [-0.05, 0) is 13.0 Å². The van der Waals surface area contributed by atoms with E-state index in [1.54, 1.807) is 0 Å². The van der Waals surface area contributed by atoms with Crippen LogP contribution in [0.15, 0.2) is 12.1 Å². The summed E-state index contributed by atoms with van der Waals surface area (Å²) < 4.78 is 10.3. The summed E-state index contributed by atoms with van der Waals surface area (Å²) >= 11 is 0. The lowest BCUT2D eigenvalue weighted by Gasteiger charge is -2.10. The molecule has 2 N–H and O–H groups in total. The second kappa shape index (κ2) is 4.97. The molecule has 1 fully saturated rings. The van der Waals surface area contributed by atoms with E-state index in [1.165, 1.54) is 12.1 Å². The van der Waals surface area contributed by atoms with Gasteiger partial charge in [-0.15, -0.1) is 0 Å². The van der Waals surface area contributed by atoms with Crippen LogP contribution in [-0.4, -0.2) is 30.7 Å². The van der Waals surface area contributed by atoms with Crippen molar-refractivity contribution in [3.63, 3.8) is 0 Å². The van der Waals surface area contributed by atoms with Gasteiger partial charge in [0.05, 0.1) is 16.9 Å². The summed E-state index contributed by atoms with van der Waals surface area (Å²) in [5, 5.41) is 16.8. The van der Waals surface area contributed by atoms with Gasteiger partial charge in [0.15, 0.2) is 11.5 Å². The Labute approximate surface area is 114 Å². The second-order valence-corrected chi connectivity index (χ2v) is 4.66. The first-order chi connectivity index (χ1) is 9.65. The molecule has 2 heterocycles. The Morgan fingerprint density at radius 2 is 2.15 bits per heavy atom. The molecule has 1 aromatic carbocycles. The Hall–Kier alpha value is -2.35. The van der Waals surface area contributed by atoms with Crippen molar-refractivity contribution in [3.8, 4) is 11.5 Å². The minimum atomic E-state index is -0.551. The molecule has 0 radical (unpaired) electrons. The Kier molecular flexibility index (Phi) is 3.15. The zero-order valence-corrected chi connectivity index (χ0v) is 10.5. The molecule has 0 aliphatic carbocycles. The summed E-state index contributed by atoms with van der Waals surface area (Å²) in [4.78, 5) is 22.6. The Morgan fingerprint density at radius 1 is 1.40 bits per heavy atom. The number of nitrogens with one attached hydrogen (secondary N) is 2. The van der Waals surface area contributed by atoms with Crippen LogP contribution in [0.1, 0.15) is 6.42 Å². The fourth-order valence-electron chi connectivity index (χ4n) is 2.30. The smallest absolute Gasteiger partial charge is 0.296 e. The van der Waals surface area contributed by atoms with Crippen LogP contribution in [0.5, 0.6) is 11.5 Å². The minimum Gasteiger partial charge on any atom is -0.454 e. The third-order valence-corrected chi connectivity index (χ3v) is 3.38. The maximum Gasteiger partial charge on any atom is 0.296 e. The van der Waals surface area contributed by atoms with Crippen LogP contribution in [0, 0.1) is 16.0 Å². The molecule has 1 saturated heterocycles. The number of fused-ring (bicyclic) bond motifs is 1. The number of nitro groups is 1. The van der Waals surface area contributed by atoms with Gasteiger partial charge in [0.1, 0.15) is 5.69 Å². The highest BCUT2D eigenvalue weighted by molar-refractivity contribution is 5.95. The highest BCUT2D eigenvalue weighted by Crippen LogP contribution is 2.40. The Bertz CT molecular complexity index is 568. The largest absolute Gasteiger partial charge is 0.454 e. The zero-order valence-electron chi connectivity index (χ0n) is 10.5. The van der Waals surface area contributed by atoms with Crippen molar-refractivity contribution in [2.24, 2.45) is 5.92 Å². The van der Waals surface area contributed by atoms with Crippen molar-refractivity contribution in [2.45, 2.75) is 6.42 Å². The summed E-state index contributed by atoms with van der Waals surface area (Å²) in [6, 6.07) is 2.70. The number of hydrogen-bond acceptors (Lipinski definition) is 6. The van der Waals surface area contributed by atoms with E-state index in [2.05, 4.69) is 10.6 Å². The number of nitrogens with zero attached hydrogens (tertiary/aromatic N) is 1. The molecule has 2 aliphatic heterocycles. The number of amides is 1. The van der Waals surface area contributed by atoms with E-state index >= 15 is 0 Å².